The van der Waals surface area contributed by atoms with Gasteiger partial charge in [0.15, 0.2) is 5.78 Å². The zero-order chi connectivity index (χ0) is 15.2. The summed E-state index contributed by atoms with van der Waals surface area (Å²) in [6.45, 7) is 1.62. The second-order valence-electron chi connectivity index (χ2n) is 4.55. The van der Waals surface area contributed by atoms with Crippen LogP contribution in [-0.4, -0.2) is 18.2 Å². The van der Waals surface area contributed by atoms with Crippen molar-refractivity contribution in [1.82, 2.24) is 0 Å². The zero-order valence-corrected chi connectivity index (χ0v) is 12.3. The highest BCUT2D eigenvalue weighted by molar-refractivity contribution is 6.30. The predicted octanol–water partition coefficient (Wildman–Crippen LogP) is 3.59. The molecule has 2 N–H and O–H groups in total. The molecule has 5 heteroatoms. The Morgan fingerprint density at radius 3 is 2.43 bits per heavy atom. The zero-order valence-electron chi connectivity index (χ0n) is 11.5. The monoisotopic (exact) mass is 302 g/mol. The van der Waals surface area contributed by atoms with Gasteiger partial charge in [0.05, 0.1) is 6.54 Å². The summed E-state index contributed by atoms with van der Waals surface area (Å²) in [6, 6.07) is 13.9. The van der Waals surface area contributed by atoms with Gasteiger partial charge in [0.1, 0.15) is 0 Å². The van der Waals surface area contributed by atoms with Crippen molar-refractivity contribution in [2.75, 3.05) is 17.2 Å². The predicted molar refractivity (Wildman–Crippen MR) is 85.0 cm³/mol. The highest BCUT2D eigenvalue weighted by Gasteiger charge is 2.04. The van der Waals surface area contributed by atoms with Gasteiger partial charge in [-0.15, -0.1) is 0 Å². The van der Waals surface area contributed by atoms with Crippen LogP contribution < -0.4 is 10.6 Å². The van der Waals surface area contributed by atoms with Crippen LogP contribution >= 0.6 is 11.6 Å². The number of carbonyl (C=O) groups is 2. The van der Waals surface area contributed by atoms with Crippen LogP contribution in [0.4, 0.5) is 11.4 Å². The van der Waals surface area contributed by atoms with Gasteiger partial charge in [-0.05, 0) is 43.3 Å². The van der Waals surface area contributed by atoms with E-state index < -0.39 is 0 Å². The molecule has 0 spiro atoms. The summed E-state index contributed by atoms with van der Waals surface area (Å²) in [4.78, 5) is 23.1. The number of halogens is 1. The van der Waals surface area contributed by atoms with Gasteiger partial charge >= 0.3 is 0 Å². The van der Waals surface area contributed by atoms with Crippen LogP contribution in [0.1, 0.15) is 17.3 Å². The summed E-state index contributed by atoms with van der Waals surface area (Å²) in [5, 5.41) is 6.38. The maximum Gasteiger partial charge on any atom is 0.243 e. The van der Waals surface area contributed by atoms with Gasteiger partial charge in [0.2, 0.25) is 5.91 Å². The normalized spacial score (nSPS) is 10.0. The van der Waals surface area contributed by atoms with Crippen LogP contribution in [0.25, 0.3) is 0 Å². The average molecular weight is 303 g/mol. The molecule has 0 bridgehead atoms. The third-order valence-corrected chi connectivity index (χ3v) is 3.10. The molecule has 0 aliphatic heterocycles. The van der Waals surface area contributed by atoms with Crippen LogP contribution in [0.3, 0.4) is 0 Å². The third kappa shape index (κ3) is 4.61. The maximum absolute atomic E-state index is 11.8. The van der Waals surface area contributed by atoms with E-state index in [9.17, 15) is 9.59 Å². The van der Waals surface area contributed by atoms with Gasteiger partial charge in [-0.3, -0.25) is 9.59 Å². The number of hydrogen-bond acceptors (Lipinski definition) is 3. The number of amides is 1. The molecule has 2 aromatic rings. The Hall–Kier alpha value is -2.33. The average Bonchev–Trinajstić information content (AvgIpc) is 2.47. The van der Waals surface area contributed by atoms with E-state index in [0.29, 0.717) is 16.3 Å². The van der Waals surface area contributed by atoms with Crippen molar-refractivity contribution in [2.24, 2.45) is 0 Å². The maximum atomic E-state index is 11.8. The van der Waals surface area contributed by atoms with Crippen molar-refractivity contribution in [1.29, 1.82) is 0 Å². The van der Waals surface area contributed by atoms with Crippen molar-refractivity contribution in [3.8, 4) is 0 Å². The number of nitrogens with one attached hydrogen (secondary N) is 2. The minimum absolute atomic E-state index is 0.0367. The first-order chi connectivity index (χ1) is 10.0. The Bertz CT molecular complexity index is 654. The first-order valence-electron chi connectivity index (χ1n) is 6.45. The van der Waals surface area contributed by atoms with E-state index in [1.165, 1.54) is 6.92 Å². The summed E-state index contributed by atoms with van der Waals surface area (Å²) in [7, 11) is 0. The minimum atomic E-state index is -0.189. The lowest BCUT2D eigenvalue weighted by Crippen LogP contribution is -2.21. The Balaban J connectivity index is 1.91. The second kappa shape index (κ2) is 6.90. The molecule has 0 fully saturated rings. The van der Waals surface area contributed by atoms with Crippen molar-refractivity contribution >= 4 is 34.7 Å². The molecule has 0 radical (unpaired) electrons. The summed E-state index contributed by atoms with van der Waals surface area (Å²) >= 11 is 5.79. The lowest BCUT2D eigenvalue weighted by atomic mass is 10.1. The molecular formula is C16H15ClN2O2. The van der Waals surface area contributed by atoms with Crippen LogP contribution in [0, 0.1) is 0 Å². The first kappa shape index (κ1) is 15.1. The quantitative estimate of drug-likeness (QED) is 0.830. The molecule has 1 amide bonds. The number of rotatable bonds is 5. The Morgan fingerprint density at radius 1 is 1.05 bits per heavy atom. The van der Waals surface area contributed by atoms with Crippen molar-refractivity contribution in [3.63, 3.8) is 0 Å². The number of hydrogen-bond donors (Lipinski definition) is 2. The fraction of sp³-hybridized carbons (Fsp3) is 0.125. The number of carbonyl (C=O) groups excluding carboxylic acids is 2. The number of Topliss-reactive ketones (excluding diaryl/α,β-unsaturated/α-hetero) is 1. The van der Waals surface area contributed by atoms with Crippen molar-refractivity contribution in [3.05, 3.63) is 59.1 Å². The van der Waals surface area contributed by atoms with Gasteiger partial charge in [-0.25, -0.2) is 0 Å². The molecule has 0 atom stereocenters. The van der Waals surface area contributed by atoms with E-state index in [0.717, 1.165) is 5.69 Å². The molecule has 0 unspecified atom stereocenters. The Kier molecular flexibility index (Phi) is 4.95. The molecular weight excluding hydrogens is 288 g/mol. The molecule has 0 heterocycles. The van der Waals surface area contributed by atoms with E-state index in [1.54, 1.807) is 48.5 Å². The summed E-state index contributed by atoms with van der Waals surface area (Å²) in [5.41, 5.74) is 1.98. The van der Waals surface area contributed by atoms with Gasteiger partial charge in [-0.1, -0.05) is 23.7 Å². The lowest BCUT2D eigenvalue weighted by Gasteiger charge is -2.08. The van der Waals surface area contributed by atoms with Crippen LogP contribution in [-0.2, 0) is 4.79 Å². The summed E-state index contributed by atoms with van der Waals surface area (Å²) in [5.74, 6) is -0.226. The second-order valence-corrected chi connectivity index (χ2v) is 4.98. The Labute approximate surface area is 128 Å². The molecule has 0 saturated heterocycles. The van der Waals surface area contributed by atoms with E-state index in [-0.39, 0.29) is 18.2 Å². The van der Waals surface area contributed by atoms with Gasteiger partial charge in [-0.2, -0.15) is 0 Å². The van der Waals surface area contributed by atoms with Gasteiger partial charge < -0.3 is 10.6 Å². The molecule has 21 heavy (non-hydrogen) atoms. The van der Waals surface area contributed by atoms with E-state index in [2.05, 4.69) is 10.6 Å². The van der Waals surface area contributed by atoms with Crippen LogP contribution in [0.5, 0.6) is 0 Å². The van der Waals surface area contributed by atoms with Gasteiger partial charge in [0, 0.05) is 22.0 Å². The van der Waals surface area contributed by atoms with Gasteiger partial charge in [0.25, 0.3) is 0 Å². The fourth-order valence-corrected chi connectivity index (χ4v) is 1.90. The van der Waals surface area contributed by atoms with Crippen molar-refractivity contribution < 1.29 is 9.59 Å². The highest BCUT2D eigenvalue weighted by atomic mass is 35.5. The first-order valence-corrected chi connectivity index (χ1v) is 6.83. The smallest absolute Gasteiger partial charge is 0.243 e. The minimum Gasteiger partial charge on any atom is -0.376 e. The largest absolute Gasteiger partial charge is 0.376 e. The molecule has 0 saturated carbocycles. The number of anilines is 2. The third-order valence-electron chi connectivity index (χ3n) is 2.85. The molecule has 0 aromatic heterocycles. The van der Waals surface area contributed by atoms with E-state index in [1.807, 2.05) is 0 Å². The summed E-state index contributed by atoms with van der Waals surface area (Å²) < 4.78 is 0. The number of ketones is 1. The fourth-order valence-electron chi connectivity index (χ4n) is 1.77. The Morgan fingerprint density at radius 2 is 1.76 bits per heavy atom. The molecule has 108 valence electrons. The van der Waals surface area contributed by atoms with E-state index >= 15 is 0 Å². The highest BCUT2D eigenvalue weighted by Crippen LogP contribution is 2.14. The SMILES string of the molecule is CC(=O)c1cccc(NC(=O)CNc2ccc(Cl)cc2)c1. The molecule has 4 nitrogen and oxygen atoms in total. The lowest BCUT2D eigenvalue weighted by molar-refractivity contribution is -0.114. The molecule has 0 aliphatic carbocycles. The standard InChI is InChI=1S/C16H15ClN2O2/c1-11(20)12-3-2-4-15(9-12)19-16(21)10-18-14-7-5-13(17)6-8-14/h2-9,18H,10H2,1H3,(H,19,21). The summed E-state index contributed by atoms with van der Waals surface area (Å²) in [6.07, 6.45) is 0. The van der Waals surface area contributed by atoms with Crippen molar-refractivity contribution in [2.45, 2.75) is 6.92 Å². The van der Waals surface area contributed by atoms with Crippen LogP contribution in [0.2, 0.25) is 5.02 Å². The van der Waals surface area contributed by atoms with E-state index in [4.69, 9.17) is 11.6 Å². The number of benzene rings is 2. The topological polar surface area (TPSA) is 58.2 Å². The molecule has 2 rings (SSSR count). The molecule has 2 aromatic carbocycles. The van der Waals surface area contributed by atoms with Crippen LogP contribution in [0.15, 0.2) is 48.5 Å². The molecule has 0 aliphatic rings.